The zero-order valence-corrected chi connectivity index (χ0v) is 14.1. The molecular weight excluding hydrogens is 342 g/mol. The van der Waals surface area contributed by atoms with Crippen LogP contribution in [0.4, 0.5) is 11.6 Å². The van der Waals surface area contributed by atoms with Gasteiger partial charge in [-0.2, -0.15) is 24.7 Å². The van der Waals surface area contributed by atoms with Crippen LogP contribution < -0.4 is 11.1 Å². The third kappa shape index (κ3) is 3.49. The molecule has 0 atom stereocenters. The topological polar surface area (TPSA) is 112 Å². The predicted octanol–water partition coefficient (Wildman–Crippen LogP) is 2.57. The van der Waals surface area contributed by atoms with E-state index in [0.29, 0.717) is 11.8 Å². The van der Waals surface area contributed by atoms with Gasteiger partial charge in [0.25, 0.3) is 11.9 Å². The Balaban J connectivity index is 1.84. The average molecular weight is 357 g/mol. The van der Waals surface area contributed by atoms with Gasteiger partial charge in [0.15, 0.2) is 5.82 Å². The smallest absolute Gasteiger partial charge is 0.267 e. The number of anilines is 2. The molecule has 27 heavy (non-hydrogen) atoms. The Labute approximate surface area is 154 Å². The number of hydrogen-bond donors (Lipinski definition) is 2. The van der Waals surface area contributed by atoms with Crippen LogP contribution in [0.15, 0.2) is 72.9 Å². The normalized spacial score (nSPS) is 10.5. The van der Waals surface area contributed by atoms with Crippen molar-refractivity contribution in [2.24, 2.45) is 5.73 Å². The molecule has 0 bridgehead atoms. The number of aromatic nitrogens is 5. The lowest BCUT2D eigenvalue weighted by Gasteiger charge is -2.10. The monoisotopic (exact) mass is 357 g/mol. The molecule has 2 aromatic carbocycles. The Kier molecular flexibility index (Phi) is 4.28. The second-order valence-corrected chi connectivity index (χ2v) is 5.63. The number of nitrogens with one attached hydrogen (secondary N) is 1. The summed E-state index contributed by atoms with van der Waals surface area (Å²) < 4.78 is 1.30. The van der Waals surface area contributed by atoms with Crippen molar-refractivity contribution >= 4 is 17.5 Å². The molecule has 2 aromatic heterocycles. The minimum atomic E-state index is -0.619. The SMILES string of the molecule is NC(=O)c1ccnn1-c1nc(Nc2ccccc2)nc(-c2ccccc2)n1. The number of nitrogens with zero attached hydrogens (tertiary/aromatic N) is 5. The van der Waals surface area contributed by atoms with Crippen molar-refractivity contribution in [1.82, 2.24) is 24.7 Å². The first-order chi connectivity index (χ1) is 13.2. The summed E-state index contributed by atoms with van der Waals surface area (Å²) in [6, 6.07) is 20.5. The Morgan fingerprint density at radius 2 is 1.59 bits per heavy atom. The van der Waals surface area contributed by atoms with Crippen molar-refractivity contribution < 1.29 is 4.79 Å². The lowest BCUT2D eigenvalue weighted by atomic mass is 10.2. The van der Waals surface area contributed by atoms with E-state index in [0.717, 1.165) is 11.3 Å². The van der Waals surface area contributed by atoms with Crippen LogP contribution in [-0.4, -0.2) is 30.6 Å². The first-order valence-electron chi connectivity index (χ1n) is 8.18. The molecule has 4 aromatic rings. The summed E-state index contributed by atoms with van der Waals surface area (Å²) in [5.41, 5.74) is 7.24. The Morgan fingerprint density at radius 3 is 2.30 bits per heavy atom. The van der Waals surface area contributed by atoms with Gasteiger partial charge in [-0.15, -0.1) is 0 Å². The first-order valence-corrected chi connectivity index (χ1v) is 8.18. The number of primary amides is 1. The molecule has 3 N–H and O–H groups in total. The van der Waals surface area contributed by atoms with Crippen LogP contribution in [0, 0.1) is 0 Å². The van der Waals surface area contributed by atoms with Gasteiger partial charge in [0, 0.05) is 11.3 Å². The van der Waals surface area contributed by atoms with E-state index in [1.165, 1.54) is 16.9 Å². The average Bonchev–Trinajstić information content (AvgIpc) is 3.20. The molecule has 8 heteroatoms. The molecule has 0 aliphatic rings. The second-order valence-electron chi connectivity index (χ2n) is 5.63. The maximum atomic E-state index is 11.7. The van der Waals surface area contributed by atoms with Crippen molar-refractivity contribution in [3.8, 4) is 17.3 Å². The van der Waals surface area contributed by atoms with Crippen LogP contribution >= 0.6 is 0 Å². The minimum absolute atomic E-state index is 0.186. The van der Waals surface area contributed by atoms with E-state index >= 15 is 0 Å². The van der Waals surface area contributed by atoms with Gasteiger partial charge >= 0.3 is 0 Å². The third-order valence-corrected chi connectivity index (χ3v) is 3.77. The fourth-order valence-corrected chi connectivity index (χ4v) is 2.53. The lowest BCUT2D eigenvalue weighted by molar-refractivity contribution is 0.0992. The molecule has 4 rings (SSSR count). The summed E-state index contributed by atoms with van der Waals surface area (Å²) in [5.74, 6) is 0.355. The van der Waals surface area contributed by atoms with E-state index in [-0.39, 0.29) is 11.6 Å². The summed E-state index contributed by atoms with van der Waals surface area (Å²) in [7, 11) is 0. The highest BCUT2D eigenvalue weighted by Crippen LogP contribution is 2.20. The van der Waals surface area contributed by atoms with Gasteiger partial charge in [0.2, 0.25) is 5.95 Å². The van der Waals surface area contributed by atoms with Crippen LogP contribution in [0.1, 0.15) is 10.5 Å². The summed E-state index contributed by atoms with van der Waals surface area (Å²) in [6.45, 7) is 0. The lowest BCUT2D eigenvalue weighted by Crippen LogP contribution is -2.19. The van der Waals surface area contributed by atoms with Gasteiger partial charge in [-0.05, 0) is 18.2 Å². The van der Waals surface area contributed by atoms with Crippen molar-refractivity contribution in [2.75, 3.05) is 5.32 Å². The summed E-state index contributed by atoms with van der Waals surface area (Å²) >= 11 is 0. The van der Waals surface area contributed by atoms with E-state index in [9.17, 15) is 4.79 Å². The van der Waals surface area contributed by atoms with Crippen molar-refractivity contribution in [2.45, 2.75) is 0 Å². The van der Waals surface area contributed by atoms with E-state index in [1.807, 2.05) is 60.7 Å². The van der Waals surface area contributed by atoms with Gasteiger partial charge in [-0.1, -0.05) is 48.5 Å². The van der Waals surface area contributed by atoms with Crippen molar-refractivity contribution in [1.29, 1.82) is 0 Å². The van der Waals surface area contributed by atoms with Gasteiger partial charge in [-0.25, -0.2) is 0 Å². The van der Waals surface area contributed by atoms with Crippen LogP contribution in [0.5, 0.6) is 0 Å². The predicted molar refractivity (Wildman–Crippen MR) is 101 cm³/mol. The highest BCUT2D eigenvalue weighted by atomic mass is 16.1. The standard InChI is InChI=1S/C19H15N7O/c20-16(27)15-11-12-21-26(15)19-24-17(13-7-3-1-4-8-13)23-18(25-19)22-14-9-5-2-6-10-14/h1-12H,(H2,20,27)(H,22,23,24,25). The zero-order valence-electron chi connectivity index (χ0n) is 14.1. The summed E-state index contributed by atoms with van der Waals surface area (Å²) in [6.07, 6.45) is 1.47. The Hall–Kier alpha value is -4.07. The molecule has 8 nitrogen and oxygen atoms in total. The van der Waals surface area contributed by atoms with Crippen LogP contribution in [-0.2, 0) is 0 Å². The second kappa shape index (κ2) is 7.04. The molecule has 0 aliphatic heterocycles. The number of carbonyl (C=O) groups excluding carboxylic acids is 1. The number of hydrogen-bond acceptors (Lipinski definition) is 6. The number of benzene rings is 2. The van der Waals surface area contributed by atoms with Crippen LogP contribution in [0.3, 0.4) is 0 Å². The molecule has 0 saturated carbocycles. The Bertz CT molecular complexity index is 1080. The largest absolute Gasteiger partial charge is 0.364 e. The quantitative estimate of drug-likeness (QED) is 0.568. The van der Waals surface area contributed by atoms with E-state index in [1.54, 1.807) is 0 Å². The molecule has 132 valence electrons. The zero-order chi connectivity index (χ0) is 18.6. The van der Waals surface area contributed by atoms with Crippen LogP contribution in [0.25, 0.3) is 17.3 Å². The van der Waals surface area contributed by atoms with Gasteiger partial charge < -0.3 is 11.1 Å². The minimum Gasteiger partial charge on any atom is -0.364 e. The highest BCUT2D eigenvalue weighted by Gasteiger charge is 2.16. The number of nitrogens with two attached hydrogens (primary N) is 1. The van der Waals surface area contributed by atoms with Gasteiger partial charge in [0.1, 0.15) is 5.69 Å². The first kappa shape index (κ1) is 16.4. The molecular formula is C19H15N7O. The number of para-hydroxylation sites is 1. The van der Waals surface area contributed by atoms with E-state index < -0.39 is 5.91 Å². The molecule has 2 heterocycles. The summed E-state index contributed by atoms with van der Waals surface area (Å²) in [5, 5.41) is 7.27. The molecule has 0 fully saturated rings. The van der Waals surface area contributed by atoms with E-state index in [2.05, 4.69) is 25.4 Å². The molecule has 0 spiro atoms. The Morgan fingerprint density at radius 1 is 0.889 bits per heavy atom. The maximum absolute atomic E-state index is 11.7. The van der Waals surface area contributed by atoms with Crippen LogP contribution in [0.2, 0.25) is 0 Å². The van der Waals surface area contributed by atoms with Gasteiger partial charge in [-0.3, -0.25) is 4.79 Å². The third-order valence-electron chi connectivity index (χ3n) is 3.77. The number of amides is 1. The molecule has 0 radical (unpaired) electrons. The number of rotatable bonds is 5. The van der Waals surface area contributed by atoms with Crippen molar-refractivity contribution in [3.63, 3.8) is 0 Å². The number of carbonyl (C=O) groups is 1. The fraction of sp³-hybridized carbons (Fsp3) is 0. The molecule has 1 amide bonds. The summed E-state index contributed by atoms with van der Waals surface area (Å²) in [4.78, 5) is 25.0. The van der Waals surface area contributed by atoms with E-state index in [4.69, 9.17) is 5.73 Å². The van der Waals surface area contributed by atoms with Gasteiger partial charge in [0.05, 0.1) is 6.20 Å². The molecule has 0 aliphatic carbocycles. The van der Waals surface area contributed by atoms with Crippen molar-refractivity contribution in [3.05, 3.63) is 78.6 Å². The molecule has 0 saturated heterocycles. The molecule has 0 unspecified atom stereocenters. The fourth-order valence-electron chi connectivity index (χ4n) is 2.53. The highest BCUT2D eigenvalue weighted by molar-refractivity contribution is 5.91. The maximum Gasteiger partial charge on any atom is 0.267 e.